The molecule has 1 heterocycles. The molecule has 108 valence electrons. The van der Waals surface area contributed by atoms with Gasteiger partial charge in [0.15, 0.2) is 0 Å². The maximum absolute atomic E-state index is 12.9. The molecule has 1 atom stereocenters. The second-order valence-electron chi connectivity index (χ2n) is 4.95. The molecule has 0 spiro atoms. The van der Waals surface area contributed by atoms with Crippen molar-refractivity contribution < 1.29 is 4.39 Å². The predicted octanol–water partition coefficient (Wildman–Crippen LogP) is 3.58. The minimum Gasteiger partial charge on any atom is -0.329 e. The average molecular weight is 292 g/mol. The fourth-order valence-corrected chi connectivity index (χ4v) is 3.40. The quantitative estimate of drug-likeness (QED) is 0.881. The van der Waals surface area contributed by atoms with Crippen LogP contribution in [0.2, 0.25) is 0 Å². The minimum absolute atomic E-state index is 0.197. The number of rotatable bonds is 6. The molecule has 0 aliphatic heterocycles. The monoisotopic (exact) mass is 292 g/mol. The van der Waals surface area contributed by atoms with E-state index in [0.717, 1.165) is 18.5 Å². The zero-order chi connectivity index (χ0) is 14.5. The first-order valence-corrected chi connectivity index (χ1v) is 7.69. The molecule has 20 heavy (non-hydrogen) atoms. The van der Waals surface area contributed by atoms with Gasteiger partial charge in [0.2, 0.25) is 0 Å². The van der Waals surface area contributed by atoms with Crippen molar-refractivity contribution >= 4 is 11.3 Å². The first-order valence-electron chi connectivity index (χ1n) is 6.87. The molecule has 4 heteroatoms. The Labute approximate surface area is 124 Å². The van der Waals surface area contributed by atoms with Gasteiger partial charge in [0, 0.05) is 22.8 Å². The van der Waals surface area contributed by atoms with E-state index in [1.165, 1.54) is 21.9 Å². The van der Waals surface area contributed by atoms with Gasteiger partial charge >= 0.3 is 0 Å². The summed E-state index contributed by atoms with van der Waals surface area (Å²) in [5, 5.41) is 0. The Morgan fingerprint density at radius 1 is 1.20 bits per heavy atom. The van der Waals surface area contributed by atoms with Crippen LogP contribution in [0.15, 0.2) is 36.4 Å². The highest BCUT2D eigenvalue weighted by molar-refractivity contribution is 7.12. The summed E-state index contributed by atoms with van der Waals surface area (Å²) in [7, 11) is 2.06. The van der Waals surface area contributed by atoms with Gasteiger partial charge in [0.05, 0.1) is 6.04 Å². The van der Waals surface area contributed by atoms with E-state index in [0.29, 0.717) is 6.54 Å². The molecule has 1 aromatic heterocycles. The number of hydrogen-bond acceptors (Lipinski definition) is 3. The molecule has 2 aromatic rings. The van der Waals surface area contributed by atoms with Crippen molar-refractivity contribution in [3.05, 3.63) is 57.5 Å². The molecule has 2 N–H and O–H groups in total. The maximum Gasteiger partial charge on any atom is 0.123 e. The summed E-state index contributed by atoms with van der Waals surface area (Å²) in [4.78, 5) is 4.90. The van der Waals surface area contributed by atoms with E-state index in [1.807, 2.05) is 23.5 Å². The van der Waals surface area contributed by atoms with Gasteiger partial charge in [0.25, 0.3) is 0 Å². The Balaban J connectivity index is 2.08. The van der Waals surface area contributed by atoms with Gasteiger partial charge in [-0.15, -0.1) is 11.3 Å². The molecule has 0 amide bonds. The van der Waals surface area contributed by atoms with Crippen molar-refractivity contribution in [1.29, 1.82) is 0 Å². The zero-order valence-electron chi connectivity index (χ0n) is 12.0. The first-order chi connectivity index (χ1) is 9.63. The van der Waals surface area contributed by atoms with Crippen LogP contribution in [-0.2, 0) is 13.0 Å². The predicted molar refractivity (Wildman–Crippen MR) is 83.4 cm³/mol. The van der Waals surface area contributed by atoms with Crippen LogP contribution >= 0.6 is 11.3 Å². The highest BCUT2D eigenvalue weighted by Gasteiger charge is 2.17. The Hall–Kier alpha value is -1.23. The number of thiophene rings is 1. The third kappa shape index (κ3) is 3.66. The summed E-state index contributed by atoms with van der Waals surface area (Å²) < 4.78 is 12.9. The van der Waals surface area contributed by atoms with Crippen LogP contribution < -0.4 is 5.73 Å². The zero-order valence-corrected chi connectivity index (χ0v) is 12.8. The second kappa shape index (κ2) is 6.97. The highest BCUT2D eigenvalue weighted by atomic mass is 32.1. The third-order valence-corrected chi connectivity index (χ3v) is 4.79. The number of likely N-dealkylation sites (N-methyl/N-ethyl adjacent to an activating group) is 1. The van der Waals surface area contributed by atoms with Crippen LogP contribution in [0.4, 0.5) is 4.39 Å². The summed E-state index contributed by atoms with van der Waals surface area (Å²) in [6.07, 6.45) is 1.06. The number of nitrogens with two attached hydrogens (primary N) is 1. The van der Waals surface area contributed by atoms with Gasteiger partial charge in [0.1, 0.15) is 5.82 Å². The van der Waals surface area contributed by atoms with E-state index < -0.39 is 0 Å². The lowest BCUT2D eigenvalue weighted by Gasteiger charge is -2.26. The van der Waals surface area contributed by atoms with Crippen molar-refractivity contribution in [1.82, 2.24) is 4.90 Å². The molecule has 0 saturated carbocycles. The van der Waals surface area contributed by atoms with Gasteiger partial charge in [-0.2, -0.15) is 0 Å². The van der Waals surface area contributed by atoms with E-state index in [9.17, 15) is 4.39 Å². The van der Waals surface area contributed by atoms with Crippen LogP contribution in [0, 0.1) is 5.82 Å². The van der Waals surface area contributed by atoms with Crippen molar-refractivity contribution in [3.8, 4) is 0 Å². The van der Waals surface area contributed by atoms with Crippen molar-refractivity contribution in [3.63, 3.8) is 0 Å². The summed E-state index contributed by atoms with van der Waals surface area (Å²) in [5.41, 5.74) is 7.04. The normalized spacial score (nSPS) is 12.8. The number of hydrogen-bond donors (Lipinski definition) is 1. The molecular formula is C16H21FN2S. The molecule has 0 saturated heterocycles. The minimum atomic E-state index is -0.197. The molecule has 0 aliphatic carbocycles. The Kier molecular flexibility index (Phi) is 5.29. The summed E-state index contributed by atoms with van der Waals surface area (Å²) >= 11 is 1.83. The van der Waals surface area contributed by atoms with E-state index in [4.69, 9.17) is 5.73 Å². The average Bonchev–Trinajstić information content (AvgIpc) is 2.91. The van der Waals surface area contributed by atoms with E-state index in [2.05, 4.69) is 31.0 Å². The number of halogens is 1. The fraction of sp³-hybridized carbons (Fsp3) is 0.375. The van der Waals surface area contributed by atoms with Crippen molar-refractivity contribution in [2.24, 2.45) is 5.73 Å². The van der Waals surface area contributed by atoms with Gasteiger partial charge < -0.3 is 5.73 Å². The Morgan fingerprint density at radius 3 is 2.45 bits per heavy atom. The lowest BCUT2D eigenvalue weighted by atomic mass is 10.1. The standard InChI is InChI=1S/C16H21FN2S/c1-3-14-8-9-16(20-14)15(10-18)19(2)11-12-4-6-13(17)7-5-12/h4-9,15H,3,10-11,18H2,1-2H3. The molecule has 1 aromatic carbocycles. The van der Waals surface area contributed by atoms with Gasteiger partial charge in [-0.25, -0.2) is 4.39 Å². The second-order valence-corrected chi connectivity index (χ2v) is 6.15. The lowest BCUT2D eigenvalue weighted by molar-refractivity contribution is 0.245. The maximum atomic E-state index is 12.9. The van der Waals surface area contributed by atoms with E-state index in [1.54, 1.807) is 0 Å². The van der Waals surface area contributed by atoms with E-state index in [-0.39, 0.29) is 11.9 Å². The molecule has 2 nitrogen and oxygen atoms in total. The van der Waals surface area contributed by atoms with Crippen LogP contribution in [-0.4, -0.2) is 18.5 Å². The van der Waals surface area contributed by atoms with Crippen molar-refractivity contribution in [2.45, 2.75) is 25.9 Å². The Morgan fingerprint density at radius 2 is 1.90 bits per heavy atom. The fourth-order valence-electron chi connectivity index (χ4n) is 2.26. The summed E-state index contributed by atoms with van der Waals surface area (Å²) in [6, 6.07) is 11.2. The molecule has 2 rings (SSSR count). The number of aryl methyl sites for hydroxylation is 1. The molecule has 0 radical (unpaired) electrons. The SMILES string of the molecule is CCc1ccc(C(CN)N(C)Cc2ccc(F)cc2)s1. The molecule has 0 aliphatic rings. The molecular weight excluding hydrogens is 271 g/mol. The molecule has 0 bridgehead atoms. The Bertz CT molecular complexity index is 536. The topological polar surface area (TPSA) is 29.3 Å². The van der Waals surface area contributed by atoms with Crippen molar-refractivity contribution in [2.75, 3.05) is 13.6 Å². The summed E-state index contributed by atoms with van der Waals surface area (Å²) in [5.74, 6) is -0.197. The third-order valence-electron chi connectivity index (χ3n) is 3.46. The first kappa shape index (κ1) is 15.2. The lowest BCUT2D eigenvalue weighted by Crippen LogP contribution is -2.29. The number of nitrogens with zero attached hydrogens (tertiary/aromatic N) is 1. The van der Waals surface area contributed by atoms with Crippen LogP contribution in [0.5, 0.6) is 0 Å². The smallest absolute Gasteiger partial charge is 0.123 e. The van der Waals surface area contributed by atoms with Crippen LogP contribution in [0.1, 0.15) is 28.3 Å². The summed E-state index contributed by atoms with van der Waals surface area (Å²) in [6.45, 7) is 3.51. The molecule has 1 unspecified atom stereocenters. The van der Waals surface area contributed by atoms with Crippen LogP contribution in [0.3, 0.4) is 0 Å². The number of benzene rings is 1. The molecule has 0 fully saturated rings. The van der Waals surface area contributed by atoms with E-state index >= 15 is 0 Å². The largest absolute Gasteiger partial charge is 0.329 e. The highest BCUT2D eigenvalue weighted by Crippen LogP contribution is 2.27. The van der Waals surface area contributed by atoms with Gasteiger partial charge in [-0.1, -0.05) is 19.1 Å². The van der Waals surface area contributed by atoms with Gasteiger partial charge in [-0.3, -0.25) is 4.90 Å². The van der Waals surface area contributed by atoms with Crippen LogP contribution in [0.25, 0.3) is 0 Å². The van der Waals surface area contributed by atoms with Gasteiger partial charge in [-0.05, 0) is 43.3 Å².